The van der Waals surface area contributed by atoms with E-state index in [0.717, 1.165) is 30.4 Å². The molecule has 0 saturated carbocycles. The summed E-state index contributed by atoms with van der Waals surface area (Å²) < 4.78 is 12.6. The molecule has 0 spiro atoms. The molecule has 2 aromatic rings. The van der Waals surface area contributed by atoms with Crippen molar-refractivity contribution in [2.75, 3.05) is 33.9 Å². The normalized spacial score (nSPS) is 14.1. The van der Waals surface area contributed by atoms with E-state index in [1.807, 2.05) is 28.8 Å². The molecule has 1 aliphatic heterocycles. The van der Waals surface area contributed by atoms with Crippen molar-refractivity contribution in [3.8, 4) is 5.75 Å². The predicted octanol–water partition coefficient (Wildman–Crippen LogP) is 3.02. The van der Waals surface area contributed by atoms with Crippen molar-refractivity contribution >= 4 is 28.8 Å². The third kappa shape index (κ3) is 6.84. The standard InChI is InChI=1S/C19H26N2O3.C4H4O4/c1-23-18-15-9-4-5-10-16(15)21(17(18)19(22)24-2)14-8-13-20-11-6-3-7-12-20;5-3(6)1-2-4(7)8/h4-5,9-10H,3,6-8,11-14H2,1-2H3;1-2H,(H,5,6)(H,7,8)/b;2-1-. The van der Waals surface area contributed by atoms with E-state index in [4.69, 9.17) is 19.7 Å². The number of carbonyl (C=O) groups is 3. The Morgan fingerprint density at radius 3 is 2.16 bits per heavy atom. The highest BCUT2D eigenvalue weighted by Gasteiger charge is 2.24. The SMILES string of the molecule is COC(=O)c1c(OC)c2ccccc2n1CCCN1CCCCC1.O=C(O)/C=C\C(=O)O. The zero-order chi connectivity index (χ0) is 23.5. The van der Waals surface area contributed by atoms with Crippen LogP contribution in [0.3, 0.4) is 0 Å². The number of piperidine rings is 1. The number of fused-ring (bicyclic) bond motifs is 1. The number of ether oxygens (including phenoxy) is 2. The molecule has 1 aromatic heterocycles. The summed E-state index contributed by atoms with van der Waals surface area (Å²) >= 11 is 0. The maximum atomic E-state index is 12.3. The van der Waals surface area contributed by atoms with Crippen LogP contribution in [0.15, 0.2) is 36.4 Å². The number of aromatic nitrogens is 1. The van der Waals surface area contributed by atoms with Crippen LogP contribution in [0.2, 0.25) is 0 Å². The van der Waals surface area contributed by atoms with Crippen LogP contribution in [0.1, 0.15) is 36.2 Å². The summed E-state index contributed by atoms with van der Waals surface area (Å²) in [5.74, 6) is -2.25. The number of esters is 1. The second-order valence-electron chi connectivity index (χ2n) is 7.31. The third-order valence-electron chi connectivity index (χ3n) is 5.18. The van der Waals surface area contributed by atoms with Gasteiger partial charge in [0.15, 0.2) is 11.4 Å². The Balaban J connectivity index is 0.000000390. The van der Waals surface area contributed by atoms with E-state index in [1.165, 1.54) is 39.5 Å². The summed E-state index contributed by atoms with van der Waals surface area (Å²) in [6.07, 6.45) is 6.07. The molecule has 2 heterocycles. The Morgan fingerprint density at radius 2 is 1.59 bits per heavy atom. The molecule has 0 bridgehead atoms. The molecule has 1 aromatic carbocycles. The van der Waals surface area contributed by atoms with Crippen LogP contribution in [0.25, 0.3) is 10.9 Å². The van der Waals surface area contributed by atoms with E-state index >= 15 is 0 Å². The molecule has 1 fully saturated rings. The first kappa shape index (κ1) is 24.9. The molecule has 3 rings (SSSR count). The molecular formula is C23H30N2O7. The van der Waals surface area contributed by atoms with Gasteiger partial charge in [-0.15, -0.1) is 0 Å². The van der Waals surface area contributed by atoms with Gasteiger partial charge in [-0.05, 0) is 51.0 Å². The second-order valence-corrected chi connectivity index (χ2v) is 7.31. The van der Waals surface area contributed by atoms with Crippen LogP contribution in [0, 0.1) is 0 Å². The van der Waals surface area contributed by atoms with Crippen LogP contribution < -0.4 is 4.74 Å². The zero-order valence-corrected chi connectivity index (χ0v) is 18.5. The first-order valence-electron chi connectivity index (χ1n) is 10.5. The number of benzene rings is 1. The molecular weight excluding hydrogens is 416 g/mol. The van der Waals surface area contributed by atoms with Crippen molar-refractivity contribution in [2.24, 2.45) is 0 Å². The maximum absolute atomic E-state index is 12.3. The lowest BCUT2D eigenvalue weighted by molar-refractivity contribution is -0.134. The highest BCUT2D eigenvalue weighted by Crippen LogP contribution is 2.33. The summed E-state index contributed by atoms with van der Waals surface area (Å²) in [5.41, 5.74) is 1.54. The first-order chi connectivity index (χ1) is 15.4. The number of carbonyl (C=O) groups excluding carboxylic acids is 1. The highest BCUT2D eigenvalue weighted by molar-refractivity contribution is 6.01. The Hall–Kier alpha value is -3.33. The number of methoxy groups -OCH3 is 2. The number of hydrogen-bond acceptors (Lipinski definition) is 6. The number of likely N-dealkylation sites (tertiary alicyclic amines) is 1. The number of hydrogen-bond donors (Lipinski definition) is 2. The Morgan fingerprint density at radius 1 is 0.969 bits per heavy atom. The lowest BCUT2D eigenvalue weighted by Crippen LogP contribution is -2.31. The molecule has 1 saturated heterocycles. The molecule has 0 amide bonds. The summed E-state index contributed by atoms with van der Waals surface area (Å²) in [4.78, 5) is 33.9. The number of aryl methyl sites for hydroxylation is 1. The molecule has 32 heavy (non-hydrogen) atoms. The fourth-order valence-corrected chi connectivity index (χ4v) is 3.79. The van der Waals surface area contributed by atoms with Crippen LogP contribution in [-0.2, 0) is 20.9 Å². The van der Waals surface area contributed by atoms with Crippen LogP contribution >= 0.6 is 0 Å². The number of aliphatic carboxylic acids is 2. The second kappa shape index (κ2) is 12.5. The van der Waals surface area contributed by atoms with E-state index in [0.29, 0.717) is 23.6 Å². The lowest BCUT2D eigenvalue weighted by atomic mass is 10.1. The van der Waals surface area contributed by atoms with Gasteiger partial charge >= 0.3 is 17.9 Å². The lowest BCUT2D eigenvalue weighted by Gasteiger charge is -2.26. The Bertz CT molecular complexity index is 943. The van der Waals surface area contributed by atoms with Crippen molar-refractivity contribution in [3.05, 3.63) is 42.1 Å². The molecule has 174 valence electrons. The van der Waals surface area contributed by atoms with Gasteiger partial charge < -0.3 is 29.2 Å². The summed E-state index contributed by atoms with van der Waals surface area (Å²) in [6, 6.07) is 7.97. The number of carboxylic acid groups (broad SMARTS) is 2. The summed E-state index contributed by atoms with van der Waals surface area (Å²) in [6.45, 7) is 4.24. The van der Waals surface area contributed by atoms with Crippen LogP contribution in [-0.4, -0.2) is 71.4 Å². The van der Waals surface area contributed by atoms with Crippen molar-refractivity contribution < 1.29 is 34.1 Å². The molecule has 0 atom stereocenters. The number of nitrogens with zero attached hydrogens (tertiary/aromatic N) is 2. The monoisotopic (exact) mass is 446 g/mol. The van der Waals surface area contributed by atoms with Gasteiger partial charge in [0.25, 0.3) is 0 Å². The topological polar surface area (TPSA) is 118 Å². The number of para-hydroxylation sites is 1. The summed E-state index contributed by atoms with van der Waals surface area (Å²) in [5, 5.41) is 16.6. The first-order valence-corrected chi connectivity index (χ1v) is 10.5. The quantitative estimate of drug-likeness (QED) is 0.469. The number of rotatable bonds is 8. The van der Waals surface area contributed by atoms with Crippen LogP contribution in [0.5, 0.6) is 5.75 Å². The summed E-state index contributed by atoms with van der Waals surface area (Å²) in [7, 11) is 3.02. The van der Waals surface area contributed by atoms with E-state index in [-0.39, 0.29) is 5.97 Å². The van der Waals surface area contributed by atoms with E-state index in [2.05, 4.69) is 4.90 Å². The van der Waals surface area contributed by atoms with Gasteiger partial charge in [0.2, 0.25) is 0 Å². The Labute approximate surface area is 186 Å². The van der Waals surface area contributed by atoms with Gasteiger partial charge in [0.05, 0.1) is 19.7 Å². The maximum Gasteiger partial charge on any atom is 0.358 e. The molecule has 0 aliphatic carbocycles. The van der Waals surface area contributed by atoms with E-state index < -0.39 is 11.9 Å². The molecule has 9 nitrogen and oxygen atoms in total. The number of carboxylic acids is 2. The molecule has 0 radical (unpaired) electrons. The minimum Gasteiger partial charge on any atom is -0.494 e. The van der Waals surface area contributed by atoms with Crippen LogP contribution in [0.4, 0.5) is 0 Å². The van der Waals surface area contributed by atoms with Crippen molar-refractivity contribution in [1.82, 2.24) is 9.47 Å². The molecule has 0 unspecified atom stereocenters. The molecule has 2 N–H and O–H groups in total. The minimum absolute atomic E-state index is 0.346. The fraction of sp³-hybridized carbons (Fsp3) is 0.435. The fourth-order valence-electron chi connectivity index (χ4n) is 3.79. The van der Waals surface area contributed by atoms with Gasteiger partial charge in [-0.1, -0.05) is 18.6 Å². The van der Waals surface area contributed by atoms with Crippen molar-refractivity contribution in [1.29, 1.82) is 0 Å². The van der Waals surface area contributed by atoms with Crippen molar-refractivity contribution in [3.63, 3.8) is 0 Å². The average Bonchev–Trinajstić information content (AvgIpc) is 3.12. The highest BCUT2D eigenvalue weighted by atomic mass is 16.5. The largest absolute Gasteiger partial charge is 0.494 e. The van der Waals surface area contributed by atoms with Gasteiger partial charge in [-0.3, -0.25) is 0 Å². The average molecular weight is 447 g/mol. The van der Waals surface area contributed by atoms with Gasteiger partial charge in [0, 0.05) is 24.1 Å². The van der Waals surface area contributed by atoms with Gasteiger partial charge in [0.1, 0.15) is 0 Å². The smallest absolute Gasteiger partial charge is 0.358 e. The van der Waals surface area contributed by atoms with Crippen molar-refractivity contribution in [2.45, 2.75) is 32.2 Å². The van der Waals surface area contributed by atoms with Gasteiger partial charge in [-0.2, -0.15) is 0 Å². The molecule has 1 aliphatic rings. The third-order valence-corrected chi connectivity index (χ3v) is 5.18. The minimum atomic E-state index is -1.26. The van der Waals surface area contributed by atoms with Gasteiger partial charge in [-0.25, -0.2) is 14.4 Å². The predicted molar refractivity (Wildman–Crippen MR) is 119 cm³/mol. The van der Waals surface area contributed by atoms with E-state index in [9.17, 15) is 14.4 Å². The molecule has 9 heteroatoms. The zero-order valence-electron chi connectivity index (χ0n) is 18.5. The van der Waals surface area contributed by atoms with E-state index in [1.54, 1.807) is 7.11 Å². The Kier molecular flexibility index (Phi) is 9.75.